The smallest absolute Gasteiger partial charge is 0.238 e. The second-order valence-electron chi connectivity index (χ2n) is 5.70. The van der Waals surface area contributed by atoms with E-state index in [2.05, 4.69) is 12.2 Å². The summed E-state index contributed by atoms with van der Waals surface area (Å²) < 4.78 is 0. The predicted molar refractivity (Wildman–Crippen MR) is 75.8 cm³/mol. The van der Waals surface area contributed by atoms with Gasteiger partial charge in [0.25, 0.3) is 0 Å². The van der Waals surface area contributed by atoms with Crippen molar-refractivity contribution in [3.05, 3.63) is 34.9 Å². The van der Waals surface area contributed by atoms with E-state index in [9.17, 15) is 4.79 Å². The van der Waals surface area contributed by atoms with Gasteiger partial charge in [0.05, 0.1) is 6.54 Å². The highest BCUT2D eigenvalue weighted by molar-refractivity contribution is 6.30. The number of amides is 1. The van der Waals surface area contributed by atoms with Crippen molar-refractivity contribution in [2.75, 3.05) is 13.1 Å². The maximum absolute atomic E-state index is 12.0. The van der Waals surface area contributed by atoms with E-state index in [4.69, 9.17) is 11.6 Å². The summed E-state index contributed by atoms with van der Waals surface area (Å²) in [5.41, 5.74) is 1.11. The van der Waals surface area contributed by atoms with Crippen molar-refractivity contribution in [2.45, 2.75) is 25.9 Å². The van der Waals surface area contributed by atoms with Crippen LogP contribution in [0.15, 0.2) is 24.3 Å². The third-order valence-corrected chi connectivity index (χ3v) is 4.43. The molecule has 4 heteroatoms. The predicted octanol–water partition coefficient (Wildman–Crippen LogP) is 2.82. The number of nitrogens with zero attached hydrogens (tertiary/aromatic N) is 1. The Bertz CT molecular complexity index is 470. The fraction of sp³-hybridized carbons (Fsp3) is 0.533. The van der Waals surface area contributed by atoms with Gasteiger partial charge in [-0.05, 0) is 42.4 Å². The molecular weight excluding hydrogens is 260 g/mol. The number of hydrogen-bond acceptors (Lipinski definition) is 2. The Hall–Kier alpha value is -1.06. The molecule has 0 aromatic heterocycles. The zero-order chi connectivity index (χ0) is 13.4. The first-order valence-electron chi connectivity index (χ1n) is 6.93. The summed E-state index contributed by atoms with van der Waals surface area (Å²) in [7, 11) is 0. The molecule has 1 amide bonds. The van der Waals surface area contributed by atoms with Gasteiger partial charge in [0.2, 0.25) is 5.91 Å². The molecule has 102 valence electrons. The topological polar surface area (TPSA) is 32.3 Å². The fourth-order valence-corrected chi connectivity index (χ4v) is 2.94. The first kappa shape index (κ1) is 12.9. The van der Waals surface area contributed by atoms with Crippen LogP contribution in [0.5, 0.6) is 0 Å². The van der Waals surface area contributed by atoms with Crippen LogP contribution in [0.3, 0.4) is 0 Å². The molecule has 2 aliphatic rings. The van der Waals surface area contributed by atoms with Crippen LogP contribution in [0, 0.1) is 11.8 Å². The summed E-state index contributed by atoms with van der Waals surface area (Å²) in [6.07, 6.45) is 2.65. The van der Waals surface area contributed by atoms with Gasteiger partial charge in [-0.3, -0.25) is 10.1 Å². The average molecular weight is 279 g/mol. The first-order valence-corrected chi connectivity index (χ1v) is 7.31. The van der Waals surface area contributed by atoms with Gasteiger partial charge in [-0.2, -0.15) is 0 Å². The van der Waals surface area contributed by atoms with Crippen molar-refractivity contribution < 1.29 is 4.79 Å². The maximum Gasteiger partial charge on any atom is 0.238 e. The SMILES string of the molecule is CC(CN1C(=O)CNC1c1ccc(Cl)cc1)C1CC1. The van der Waals surface area contributed by atoms with Gasteiger partial charge in [0.1, 0.15) is 6.17 Å². The lowest BCUT2D eigenvalue weighted by Gasteiger charge is -2.27. The monoisotopic (exact) mass is 278 g/mol. The summed E-state index contributed by atoms with van der Waals surface area (Å²) >= 11 is 5.92. The van der Waals surface area contributed by atoms with E-state index in [1.54, 1.807) is 0 Å². The molecule has 1 aromatic rings. The van der Waals surface area contributed by atoms with Crippen molar-refractivity contribution >= 4 is 17.5 Å². The van der Waals surface area contributed by atoms with Gasteiger partial charge in [0.15, 0.2) is 0 Å². The molecule has 2 fully saturated rings. The minimum atomic E-state index is 0.00552. The molecule has 1 aromatic carbocycles. The normalized spacial score (nSPS) is 24.8. The molecule has 1 saturated heterocycles. The molecule has 1 aliphatic heterocycles. The summed E-state index contributed by atoms with van der Waals surface area (Å²) in [6.45, 7) is 3.54. The van der Waals surface area contributed by atoms with E-state index >= 15 is 0 Å². The zero-order valence-electron chi connectivity index (χ0n) is 11.1. The Balaban J connectivity index is 1.75. The van der Waals surface area contributed by atoms with Crippen molar-refractivity contribution in [2.24, 2.45) is 11.8 Å². The molecule has 3 rings (SSSR count). The van der Waals surface area contributed by atoms with Crippen LogP contribution < -0.4 is 5.32 Å². The Labute approximate surface area is 118 Å². The van der Waals surface area contributed by atoms with E-state index in [0.717, 1.165) is 23.0 Å². The highest BCUT2D eigenvalue weighted by atomic mass is 35.5. The lowest BCUT2D eigenvalue weighted by atomic mass is 10.0. The molecule has 1 saturated carbocycles. The summed E-state index contributed by atoms with van der Waals surface area (Å²) in [6, 6.07) is 7.74. The molecule has 19 heavy (non-hydrogen) atoms. The number of nitrogens with one attached hydrogen (secondary N) is 1. The Morgan fingerprint density at radius 1 is 1.37 bits per heavy atom. The van der Waals surface area contributed by atoms with Crippen molar-refractivity contribution in [3.63, 3.8) is 0 Å². The number of carbonyl (C=O) groups is 1. The van der Waals surface area contributed by atoms with Crippen molar-refractivity contribution in [3.8, 4) is 0 Å². The van der Waals surface area contributed by atoms with Crippen LogP contribution in [0.2, 0.25) is 5.02 Å². The molecular formula is C15H19ClN2O. The van der Waals surface area contributed by atoms with E-state index in [-0.39, 0.29) is 12.1 Å². The standard InChI is InChI=1S/C15H19ClN2O/c1-10(11-2-3-11)9-18-14(19)8-17-15(18)12-4-6-13(16)7-5-12/h4-7,10-11,15,17H,2-3,8-9H2,1H3. The van der Waals surface area contributed by atoms with Crippen LogP contribution in [-0.4, -0.2) is 23.9 Å². The van der Waals surface area contributed by atoms with Gasteiger partial charge in [-0.25, -0.2) is 0 Å². The van der Waals surface area contributed by atoms with Crippen LogP contribution in [-0.2, 0) is 4.79 Å². The molecule has 0 bridgehead atoms. The zero-order valence-corrected chi connectivity index (χ0v) is 11.9. The fourth-order valence-electron chi connectivity index (χ4n) is 2.81. The maximum atomic E-state index is 12.0. The lowest BCUT2D eigenvalue weighted by Crippen LogP contribution is -2.34. The van der Waals surface area contributed by atoms with E-state index in [0.29, 0.717) is 12.5 Å². The Morgan fingerprint density at radius 2 is 2.05 bits per heavy atom. The molecule has 0 spiro atoms. The highest BCUT2D eigenvalue weighted by Gasteiger charge is 2.36. The van der Waals surface area contributed by atoms with Gasteiger partial charge in [-0.1, -0.05) is 30.7 Å². The molecule has 2 atom stereocenters. The molecule has 2 unspecified atom stereocenters. The number of rotatable bonds is 4. The van der Waals surface area contributed by atoms with Crippen LogP contribution >= 0.6 is 11.6 Å². The Morgan fingerprint density at radius 3 is 2.68 bits per heavy atom. The average Bonchev–Trinajstić information content (AvgIpc) is 3.18. The molecule has 1 aliphatic carbocycles. The van der Waals surface area contributed by atoms with Gasteiger partial charge < -0.3 is 4.90 Å². The largest absolute Gasteiger partial charge is 0.322 e. The molecule has 3 nitrogen and oxygen atoms in total. The lowest BCUT2D eigenvalue weighted by molar-refractivity contribution is -0.128. The Kier molecular flexibility index (Phi) is 3.50. The van der Waals surface area contributed by atoms with Crippen molar-refractivity contribution in [1.29, 1.82) is 0 Å². The third kappa shape index (κ3) is 2.77. The summed E-state index contributed by atoms with van der Waals surface area (Å²) in [4.78, 5) is 14.0. The minimum absolute atomic E-state index is 0.00552. The summed E-state index contributed by atoms with van der Waals surface area (Å²) in [5.74, 6) is 1.62. The van der Waals surface area contributed by atoms with Crippen LogP contribution in [0.25, 0.3) is 0 Å². The molecule has 1 N–H and O–H groups in total. The number of benzene rings is 1. The number of halogens is 1. The van der Waals surface area contributed by atoms with Crippen LogP contribution in [0.4, 0.5) is 0 Å². The van der Waals surface area contributed by atoms with Crippen LogP contribution in [0.1, 0.15) is 31.5 Å². The quantitative estimate of drug-likeness (QED) is 0.919. The second-order valence-corrected chi connectivity index (χ2v) is 6.13. The number of hydrogen-bond donors (Lipinski definition) is 1. The molecule has 0 radical (unpaired) electrons. The minimum Gasteiger partial charge on any atom is -0.322 e. The van der Waals surface area contributed by atoms with E-state index in [1.165, 1.54) is 12.8 Å². The highest BCUT2D eigenvalue weighted by Crippen LogP contribution is 2.38. The van der Waals surface area contributed by atoms with Gasteiger partial charge in [0, 0.05) is 11.6 Å². The second kappa shape index (κ2) is 5.14. The van der Waals surface area contributed by atoms with Crippen molar-refractivity contribution in [1.82, 2.24) is 10.2 Å². The van der Waals surface area contributed by atoms with Gasteiger partial charge >= 0.3 is 0 Å². The third-order valence-electron chi connectivity index (χ3n) is 4.18. The number of carbonyl (C=O) groups excluding carboxylic acids is 1. The summed E-state index contributed by atoms with van der Waals surface area (Å²) in [5, 5.41) is 4.02. The first-order chi connectivity index (χ1) is 9.15. The molecule has 1 heterocycles. The van der Waals surface area contributed by atoms with Gasteiger partial charge in [-0.15, -0.1) is 0 Å². The van der Waals surface area contributed by atoms with E-state index < -0.39 is 0 Å². The van der Waals surface area contributed by atoms with E-state index in [1.807, 2.05) is 29.2 Å².